The SMILES string of the molecule is CC(C)C(N)CCc1ncnn1C. The van der Waals surface area contributed by atoms with E-state index in [1.807, 2.05) is 7.05 Å². The highest BCUT2D eigenvalue weighted by atomic mass is 15.3. The van der Waals surface area contributed by atoms with E-state index in [4.69, 9.17) is 5.73 Å². The maximum absolute atomic E-state index is 5.93. The van der Waals surface area contributed by atoms with E-state index >= 15 is 0 Å². The van der Waals surface area contributed by atoms with Gasteiger partial charge in [0.25, 0.3) is 0 Å². The van der Waals surface area contributed by atoms with Gasteiger partial charge in [0.05, 0.1) is 0 Å². The summed E-state index contributed by atoms with van der Waals surface area (Å²) in [6, 6.07) is 0.261. The third-order valence-electron chi connectivity index (χ3n) is 2.36. The van der Waals surface area contributed by atoms with Crippen molar-refractivity contribution in [3.8, 4) is 0 Å². The number of nitrogens with two attached hydrogens (primary N) is 1. The predicted octanol–water partition coefficient (Wildman–Crippen LogP) is 0.731. The Morgan fingerprint density at radius 3 is 2.69 bits per heavy atom. The van der Waals surface area contributed by atoms with Gasteiger partial charge in [0.1, 0.15) is 12.2 Å². The topological polar surface area (TPSA) is 56.7 Å². The van der Waals surface area contributed by atoms with Crippen LogP contribution in [0.1, 0.15) is 26.1 Å². The van der Waals surface area contributed by atoms with Crippen molar-refractivity contribution in [2.24, 2.45) is 18.7 Å². The summed E-state index contributed by atoms with van der Waals surface area (Å²) in [5.41, 5.74) is 5.93. The largest absolute Gasteiger partial charge is 0.327 e. The number of aryl methyl sites for hydroxylation is 2. The molecular formula is C9H18N4. The highest BCUT2D eigenvalue weighted by molar-refractivity contribution is 4.85. The molecule has 0 saturated heterocycles. The van der Waals surface area contributed by atoms with Crippen LogP contribution in [0.25, 0.3) is 0 Å². The van der Waals surface area contributed by atoms with Gasteiger partial charge >= 0.3 is 0 Å². The van der Waals surface area contributed by atoms with E-state index in [2.05, 4.69) is 23.9 Å². The van der Waals surface area contributed by atoms with Crippen molar-refractivity contribution in [1.82, 2.24) is 14.8 Å². The molecule has 1 unspecified atom stereocenters. The van der Waals surface area contributed by atoms with Gasteiger partial charge in [-0.2, -0.15) is 5.10 Å². The highest BCUT2D eigenvalue weighted by Gasteiger charge is 2.09. The molecule has 1 aromatic rings. The van der Waals surface area contributed by atoms with Crippen LogP contribution in [0.5, 0.6) is 0 Å². The van der Waals surface area contributed by atoms with Gasteiger partial charge in [-0.25, -0.2) is 4.98 Å². The van der Waals surface area contributed by atoms with E-state index in [1.54, 1.807) is 11.0 Å². The zero-order valence-electron chi connectivity index (χ0n) is 8.57. The fourth-order valence-electron chi connectivity index (χ4n) is 1.18. The molecule has 0 aliphatic heterocycles. The molecule has 0 fully saturated rings. The minimum absolute atomic E-state index is 0.261. The second-order valence-corrected chi connectivity index (χ2v) is 3.75. The van der Waals surface area contributed by atoms with Crippen molar-refractivity contribution in [2.75, 3.05) is 0 Å². The minimum atomic E-state index is 0.261. The Morgan fingerprint density at radius 2 is 2.23 bits per heavy atom. The van der Waals surface area contributed by atoms with Crippen molar-refractivity contribution in [1.29, 1.82) is 0 Å². The number of hydrogen-bond donors (Lipinski definition) is 1. The summed E-state index contributed by atoms with van der Waals surface area (Å²) in [7, 11) is 1.91. The van der Waals surface area contributed by atoms with Crippen LogP contribution in [0, 0.1) is 5.92 Å². The van der Waals surface area contributed by atoms with Crippen molar-refractivity contribution in [3.05, 3.63) is 12.2 Å². The number of rotatable bonds is 4. The van der Waals surface area contributed by atoms with Crippen LogP contribution >= 0.6 is 0 Å². The number of hydrogen-bond acceptors (Lipinski definition) is 3. The summed E-state index contributed by atoms with van der Waals surface area (Å²) in [6.07, 6.45) is 3.47. The summed E-state index contributed by atoms with van der Waals surface area (Å²) in [5, 5.41) is 4.00. The highest BCUT2D eigenvalue weighted by Crippen LogP contribution is 2.06. The lowest BCUT2D eigenvalue weighted by Crippen LogP contribution is -2.27. The minimum Gasteiger partial charge on any atom is -0.327 e. The molecule has 1 atom stereocenters. The first kappa shape index (κ1) is 10.2. The molecule has 1 heterocycles. The fourth-order valence-corrected chi connectivity index (χ4v) is 1.18. The van der Waals surface area contributed by atoms with Crippen LogP contribution < -0.4 is 5.73 Å². The lowest BCUT2D eigenvalue weighted by molar-refractivity contribution is 0.456. The summed E-state index contributed by atoms with van der Waals surface area (Å²) in [4.78, 5) is 4.14. The molecule has 74 valence electrons. The molecule has 0 aliphatic rings. The van der Waals surface area contributed by atoms with E-state index in [9.17, 15) is 0 Å². The molecule has 2 N–H and O–H groups in total. The Balaban J connectivity index is 2.39. The molecule has 4 heteroatoms. The third kappa shape index (κ3) is 2.81. The number of aromatic nitrogens is 3. The first-order chi connectivity index (χ1) is 6.11. The quantitative estimate of drug-likeness (QED) is 0.747. The second kappa shape index (κ2) is 4.37. The fraction of sp³-hybridized carbons (Fsp3) is 0.778. The summed E-state index contributed by atoms with van der Waals surface area (Å²) >= 11 is 0. The zero-order valence-corrected chi connectivity index (χ0v) is 8.57. The standard InChI is InChI=1S/C9H18N4/c1-7(2)8(10)4-5-9-11-6-12-13(9)3/h6-8H,4-5,10H2,1-3H3. The molecule has 0 aliphatic carbocycles. The third-order valence-corrected chi connectivity index (χ3v) is 2.36. The van der Waals surface area contributed by atoms with E-state index in [-0.39, 0.29) is 6.04 Å². The van der Waals surface area contributed by atoms with Crippen LogP contribution in [0.2, 0.25) is 0 Å². The van der Waals surface area contributed by atoms with Gasteiger partial charge in [0, 0.05) is 19.5 Å². The second-order valence-electron chi connectivity index (χ2n) is 3.75. The smallest absolute Gasteiger partial charge is 0.138 e. The average Bonchev–Trinajstić information content (AvgIpc) is 2.47. The van der Waals surface area contributed by atoms with Crippen molar-refractivity contribution in [3.63, 3.8) is 0 Å². The molecule has 1 rings (SSSR count). The van der Waals surface area contributed by atoms with Gasteiger partial charge in [-0.05, 0) is 12.3 Å². The summed E-state index contributed by atoms with van der Waals surface area (Å²) in [5.74, 6) is 1.55. The molecular weight excluding hydrogens is 164 g/mol. The first-order valence-corrected chi connectivity index (χ1v) is 4.69. The zero-order chi connectivity index (χ0) is 9.84. The lowest BCUT2D eigenvalue weighted by atomic mass is 10.0. The van der Waals surface area contributed by atoms with Crippen molar-refractivity contribution < 1.29 is 0 Å². The molecule has 1 aromatic heterocycles. The maximum Gasteiger partial charge on any atom is 0.138 e. The van der Waals surface area contributed by atoms with Crippen LogP contribution in [0.15, 0.2) is 6.33 Å². The first-order valence-electron chi connectivity index (χ1n) is 4.69. The van der Waals surface area contributed by atoms with Gasteiger partial charge in [0.2, 0.25) is 0 Å². The van der Waals surface area contributed by atoms with E-state index in [0.717, 1.165) is 18.7 Å². The van der Waals surface area contributed by atoms with Crippen molar-refractivity contribution in [2.45, 2.75) is 32.7 Å². The monoisotopic (exact) mass is 182 g/mol. The van der Waals surface area contributed by atoms with Gasteiger partial charge in [-0.15, -0.1) is 0 Å². The summed E-state index contributed by atoms with van der Waals surface area (Å²) in [6.45, 7) is 4.28. The summed E-state index contributed by atoms with van der Waals surface area (Å²) < 4.78 is 1.80. The van der Waals surface area contributed by atoms with Gasteiger partial charge in [-0.3, -0.25) is 4.68 Å². The average molecular weight is 182 g/mol. The molecule has 13 heavy (non-hydrogen) atoms. The Bertz CT molecular complexity index is 254. The normalized spacial score (nSPS) is 13.6. The van der Waals surface area contributed by atoms with Crippen LogP contribution in [-0.2, 0) is 13.5 Å². The van der Waals surface area contributed by atoms with Crippen molar-refractivity contribution >= 4 is 0 Å². The van der Waals surface area contributed by atoms with Crippen LogP contribution in [0.4, 0.5) is 0 Å². The van der Waals surface area contributed by atoms with Gasteiger partial charge in [0.15, 0.2) is 0 Å². The molecule has 0 aromatic carbocycles. The molecule has 0 amide bonds. The Hall–Kier alpha value is -0.900. The Morgan fingerprint density at radius 1 is 1.54 bits per heavy atom. The van der Waals surface area contributed by atoms with E-state index in [0.29, 0.717) is 5.92 Å². The Labute approximate surface area is 79.2 Å². The Kier molecular flexibility index (Phi) is 3.42. The molecule has 0 saturated carbocycles. The molecule has 0 bridgehead atoms. The van der Waals surface area contributed by atoms with E-state index in [1.165, 1.54) is 0 Å². The molecule has 0 radical (unpaired) electrons. The molecule has 4 nitrogen and oxygen atoms in total. The van der Waals surface area contributed by atoms with E-state index < -0.39 is 0 Å². The number of nitrogens with zero attached hydrogens (tertiary/aromatic N) is 3. The van der Waals surface area contributed by atoms with Crippen LogP contribution in [0.3, 0.4) is 0 Å². The van der Waals surface area contributed by atoms with Gasteiger partial charge < -0.3 is 5.73 Å². The maximum atomic E-state index is 5.93. The van der Waals surface area contributed by atoms with Gasteiger partial charge in [-0.1, -0.05) is 13.8 Å². The van der Waals surface area contributed by atoms with Crippen LogP contribution in [-0.4, -0.2) is 20.8 Å². The lowest BCUT2D eigenvalue weighted by Gasteiger charge is -2.14. The molecule has 0 spiro atoms. The predicted molar refractivity (Wildman–Crippen MR) is 52.1 cm³/mol.